The van der Waals surface area contributed by atoms with Gasteiger partial charge < -0.3 is 20.1 Å². The number of carbonyl (C=O) groups is 1. The third kappa shape index (κ3) is 5.90. The number of carbonyl (C=O) groups excluding carboxylic acids is 1. The minimum absolute atomic E-state index is 0. The first-order valence-corrected chi connectivity index (χ1v) is 9.76. The summed E-state index contributed by atoms with van der Waals surface area (Å²) >= 11 is 1.49. The zero-order valence-corrected chi connectivity index (χ0v) is 17.1. The molecule has 8 heteroatoms. The molecule has 27 heavy (non-hydrogen) atoms. The van der Waals surface area contributed by atoms with Crippen molar-refractivity contribution < 1.29 is 14.3 Å². The van der Waals surface area contributed by atoms with E-state index >= 15 is 0 Å². The molecule has 1 amide bonds. The monoisotopic (exact) mass is 411 g/mol. The molecular formula is C19H26ClN3O3S. The topological polar surface area (TPSA) is 77.7 Å². The summed E-state index contributed by atoms with van der Waals surface area (Å²) < 4.78 is 11.0. The van der Waals surface area contributed by atoms with Crippen molar-refractivity contribution in [2.24, 2.45) is 5.73 Å². The fourth-order valence-corrected chi connectivity index (χ4v) is 3.84. The SMILES string of the molecule is COc1cccc(CN(CC2CCCO2)C(=O)c2csc(CCN)n2)c1.Cl. The lowest BCUT2D eigenvalue weighted by molar-refractivity contribution is 0.0503. The molecule has 1 fully saturated rings. The molecule has 2 N–H and O–H groups in total. The van der Waals surface area contributed by atoms with Crippen LogP contribution in [0.2, 0.25) is 0 Å². The van der Waals surface area contributed by atoms with Crippen LogP contribution in [0.5, 0.6) is 5.75 Å². The molecule has 1 aromatic carbocycles. The Morgan fingerprint density at radius 2 is 2.33 bits per heavy atom. The van der Waals surface area contributed by atoms with Crippen molar-refractivity contribution in [3.8, 4) is 5.75 Å². The van der Waals surface area contributed by atoms with E-state index in [1.807, 2.05) is 34.5 Å². The highest BCUT2D eigenvalue weighted by Crippen LogP contribution is 2.20. The highest BCUT2D eigenvalue weighted by atomic mass is 35.5. The third-order valence-electron chi connectivity index (χ3n) is 4.37. The van der Waals surface area contributed by atoms with Gasteiger partial charge in [-0.2, -0.15) is 0 Å². The Kier molecular flexibility index (Phi) is 8.50. The summed E-state index contributed by atoms with van der Waals surface area (Å²) in [6.07, 6.45) is 2.81. The van der Waals surface area contributed by atoms with E-state index in [2.05, 4.69) is 4.98 Å². The molecule has 2 heterocycles. The third-order valence-corrected chi connectivity index (χ3v) is 5.28. The van der Waals surface area contributed by atoms with Crippen LogP contribution in [-0.4, -0.2) is 48.7 Å². The number of nitrogens with zero attached hydrogens (tertiary/aromatic N) is 2. The number of hydrogen-bond donors (Lipinski definition) is 1. The summed E-state index contributed by atoms with van der Waals surface area (Å²) in [5, 5.41) is 2.72. The molecule has 0 aliphatic carbocycles. The zero-order valence-electron chi connectivity index (χ0n) is 15.4. The van der Waals surface area contributed by atoms with Crippen molar-refractivity contribution in [3.63, 3.8) is 0 Å². The molecule has 6 nitrogen and oxygen atoms in total. The minimum atomic E-state index is -0.0668. The Morgan fingerprint density at radius 3 is 3.04 bits per heavy atom. The molecule has 148 valence electrons. The van der Waals surface area contributed by atoms with Gasteiger partial charge in [-0.05, 0) is 37.1 Å². The van der Waals surface area contributed by atoms with Gasteiger partial charge in [-0.25, -0.2) is 4.98 Å². The van der Waals surface area contributed by atoms with E-state index in [1.165, 1.54) is 11.3 Å². The smallest absolute Gasteiger partial charge is 0.273 e. The van der Waals surface area contributed by atoms with Gasteiger partial charge in [-0.15, -0.1) is 23.7 Å². The molecule has 0 bridgehead atoms. The first kappa shape index (κ1) is 21.6. The highest BCUT2D eigenvalue weighted by molar-refractivity contribution is 7.09. The molecule has 0 spiro atoms. The summed E-state index contributed by atoms with van der Waals surface area (Å²) in [4.78, 5) is 19.3. The second-order valence-corrected chi connectivity index (χ2v) is 7.28. The fraction of sp³-hybridized carbons (Fsp3) is 0.474. The Balaban J connectivity index is 0.00000261. The number of ether oxygens (including phenoxy) is 2. The molecule has 0 radical (unpaired) electrons. The highest BCUT2D eigenvalue weighted by Gasteiger charge is 2.25. The molecule has 1 aliphatic rings. The molecule has 1 unspecified atom stereocenters. The van der Waals surface area contributed by atoms with Crippen LogP contribution in [0.3, 0.4) is 0 Å². The van der Waals surface area contributed by atoms with Gasteiger partial charge in [-0.1, -0.05) is 12.1 Å². The molecule has 1 aromatic heterocycles. The van der Waals surface area contributed by atoms with Gasteiger partial charge in [0, 0.05) is 31.5 Å². The lowest BCUT2D eigenvalue weighted by Crippen LogP contribution is -2.37. The molecular weight excluding hydrogens is 386 g/mol. The van der Waals surface area contributed by atoms with Crippen LogP contribution in [0.25, 0.3) is 0 Å². The summed E-state index contributed by atoms with van der Waals surface area (Å²) in [7, 11) is 1.64. The first-order chi connectivity index (χ1) is 12.7. The maximum Gasteiger partial charge on any atom is 0.273 e. The predicted octanol–water partition coefficient (Wildman–Crippen LogP) is 2.90. The number of rotatable bonds is 8. The van der Waals surface area contributed by atoms with Gasteiger partial charge in [0.15, 0.2) is 0 Å². The van der Waals surface area contributed by atoms with Crippen LogP contribution < -0.4 is 10.5 Å². The van der Waals surface area contributed by atoms with E-state index in [1.54, 1.807) is 7.11 Å². The van der Waals surface area contributed by atoms with Crippen LogP contribution >= 0.6 is 23.7 Å². The van der Waals surface area contributed by atoms with Crippen molar-refractivity contribution in [1.82, 2.24) is 9.88 Å². The number of halogens is 1. The Morgan fingerprint density at radius 1 is 1.48 bits per heavy atom. The second kappa shape index (κ2) is 10.6. The van der Waals surface area contributed by atoms with Gasteiger partial charge in [0.25, 0.3) is 5.91 Å². The van der Waals surface area contributed by atoms with Crippen molar-refractivity contribution in [1.29, 1.82) is 0 Å². The second-order valence-electron chi connectivity index (χ2n) is 6.34. The number of nitrogens with two attached hydrogens (primary N) is 1. The largest absolute Gasteiger partial charge is 0.497 e. The quantitative estimate of drug-likeness (QED) is 0.722. The van der Waals surface area contributed by atoms with Crippen molar-refractivity contribution >= 4 is 29.7 Å². The van der Waals surface area contributed by atoms with Crippen LogP contribution in [-0.2, 0) is 17.7 Å². The Labute approximate surface area is 170 Å². The maximum atomic E-state index is 13.1. The van der Waals surface area contributed by atoms with Crippen LogP contribution in [0.4, 0.5) is 0 Å². The number of hydrogen-bond acceptors (Lipinski definition) is 6. The molecule has 1 aliphatic heterocycles. The Bertz CT molecular complexity index is 734. The average molecular weight is 412 g/mol. The molecule has 2 aromatic rings. The van der Waals surface area contributed by atoms with E-state index in [0.717, 1.165) is 35.8 Å². The van der Waals surface area contributed by atoms with E-state index < -0.39 is 0 Å². The zero-order chi connectivity index (χ0) is 18.4. The van der Waals surface area contributed by atoms with E-state index in [9.17, 15) is 4.79 Å². The summed E-state index contributed by atoms with van der Waals surface area (Å²) in [5.41, 5.74) is 7.09. The first-order valence-electron chi connectivity index (χ1n) is 8.88. The van der Waals surface area contributed by atoms with E-state index in [-0.39, 0.29) is 24.4 Å². The lowest BCUT2D eigenvalue weighted by atomic mass is 10.1. The number of amides is 1. The van der Waals surface area contributed by atoms with Crippen molar-refractivity contribution in [2.75, 3.05) is 26.8 Å². The number of aromatic nitrogens is 1. The summed E-state index contributed by atoms with van der Waals surface area (Å²) in [6, 6.07) is 7.79. The standard InChI is InChI=1S/C19H25N3O3S.ClH/c1-24-15-5-2-4-14(10-15)11-22(12-16-6-3-9-25-16)19(23)17-13-26-18(21-17)7-8-20;/h2,4-5,10,13,16H,3,6-9,11-12,20H2,1H3;1H. The lowest BCUT2D eigenvalue weighted by Gasteiger charge is -2.25. The van der Waals surface area contributed by atoms with Gasteiger partial charge in [0.2, 0.25) is 0 Å². The van der Waals surface area contributed by atoms with Crippen LogP contribution in [0.1, 0.15) is 33.9 Å². The van der Waals surface area contributed by atoms with Gasteiger partial charge in [0.05, 0.1) is 18.2 Å². The maximum absolute atomic E-state index is 13.1. The number of methoxy groups -OCH3 is 1. The summed E-state index contributed by atoms with van der Waals surface area (Å²) in [5.74, 6) is 0.716. The molecule has 1 atom stereocenters. The fourth-order valence-electron chi connectivity index (χ4n) is 3.05. The van der Waals surface area contributed by atoms with Gasteiger partial charge >= 0.3 is 0 Å². The van der Waals surface area contributed by atoms with Crippen LogP contribution in [0.15, 0.2) is 29.6 Å². The van der Waals surface area contributed by atoms with Crippen molar-refractivity contribution in [2.45, 2.75) is 31.9 Å². The minimum Gasteiger partial charge on any atom is -0.497 e. The number of benzene rings is 1. The predicted molar refractivity (Wildman–Crippen MR) is 109 cm³/mol. The van der Waals surface area contributed by atoms with Gasteiger partial charge in [0.1, 0.15) is 11.4 Å². The van der Waals surface area contributed by atoms with E-state index in [0.29, 0.717) is 31.7 Å². The molecule has 0 saturated carbocycles. The van der Waals surface area contributed by atoms with Gasteiger partial charge in [-0.3, -0.25) is 4.79 Å². The number of thiazole rings is 1. The van der Waals surface area contributed by atoms with E-state index in [4.69, 9.17) is 15.2 Å². The Hall–Kier alpha value is -1.67. The average Bonchev–Trinajstić information content (AvgIpc) is 3.33. The normalized spacial score (nSPS) is 16.0. The van der Waals surface area contributed by atoms with Crippen molar-refractivity contribution in [3.05, 3.63) is 45.9 Å². The molecule has 1 saturated heterocycles. The van der Waals surface area contributed by atoms with Crippen LogP contribution in [0, 0.1) is 0 Å². The summed E-state index contributed by atoms with van der Waals surface area (Å²) in [6.45, 7) is 2.37. The molecule has 3 rings (SSSR count).